The molecule has 0 bridgehead atoms. The molecule has 0 spiro atoms. The van der Waals surface area contributed by atoms with E-state index >= 15 is 0 Å². The minimum absolute atomic E-state index is 0.0236. The molecule has 1 fully saturated rings. The van der Waals surface area contributed by atoms with Crippen LogP contribution in [-0.4, -0.2) is 48.4 Å². The molecule has 0 atom stereocenters. The van der Waals surface area contributed by atoms with Crippen LogP contribution >= 0.6 is 11.3 Å². The number of amides is 1. The minimum atomic E-state index is -0.278. The van der Waals surface area contributed by atoms with E-state index in [4.69, 9.17) is 0 Å². The minimum Gasteiger partial charge on any atom is -0.350 e. The largest absolute Gasteiger partial charge is 0.350 e. The molecule has 1 aromatic heterocycles. The molecule has 1 saturated heterocycles. The number of carbonyl (C=O) groups is 1. The summed E-state index contributed by atoms with van der Waals surface area (Å²) in [7, 11) is 0. The first-order chi connectivity index (χ1) is 15.1. The van der Waals surface area contributed by atoms with E-state index < -0.39 is 0 Å². The Kier molecular flexibility index (Phi) is 7.06. The van der Waals surface area contributed by atoms with Gasteiger partial charge in [-0.3, -0.25) is 14.6 Å². The Labute approximate surface area is 185 Å². The number of rotatable bonds is 7. The van der Waals surface area contributed by atoms with Gasteiger partial charge in [-0.1, -0.05) is 30.3 Å². The molecule has 0 unspecified atom stereocenters. The predicted molar refractivity (Wildman–Crippen MR) is 119 cm³/mol. The molecule has 2 aromatic carbocycles. The second kappa shape index (κ2) is 10.1. The van der Waals surface area contributed by atoms with Crippen LogP contribution in [0.15, 0.2) is 66.0 Å². The highest BCUT2D eigenvalue weighted by Gasteiger charge is 2.27. The number of thiophene rings is 1. The molecule has 3 aromatic rings. The molecule has 4 rings (SSSR count). The molecule has 1 aliphatic heterocycles. The van der Waals surface area contributed by atoms with Gasteiger partial charge in [-0.2, -0.15) is 0 Å². The molecular weight excluding hydrogens is 416 g/mol. The second-order valence-corrected chi connectivity index (χ2v) is 8.71. The zero-order chi connectivity index (χ0) is 21.6. The number of nitrogens with one attached hydrogen (secondary N) is 1. The lowest BCUT2D eigenvalue weighted by Crippen LogP contribution is -2.50. The van der Waals surface area contributed by atoms with E-state index in [9.17, 15) is 13.6 Å². The lowest BCUT2D eigenvalue weighted by atomic mass is 9.96. The summed E-state index contributed by atoms with van der Waals surface area (Å²) in [6.07, 6.45) is 0. The number of carbonyl (C=O) groups excluding carboxylic acids is 1. The van der Waals surface area contributed by atoms with Gasteiger partial charge in [0, 0.05) is 31.1 Å². The maximum Gasteiger partial charge on any atom is 0.234 e. The van der Waals surface area contributed by atoms with Crippen molar-refractivity contribution in [1.29, 1.82) is 0 Å². The number of halogens is 2. The first-order valence-corrected chi connectivity index (χ1v) is 11.2. The normalized spacial score (nSPS) is 15.3. The van der Waals surface area contributed by atoms with E-state index in [2.05, 4.69) is 15.1 Å². The van der Waals surface area contributed by atoms with Crippen LogP contribution in [0.2, 0.25) is 0 Å². The zero-order valence-corrected chi connectivity index (χ0v) is 18.0. The van der Waals surface area contributed by atoms with Crippen LogP contribution in [-0.2, 0) is 11.3 Å². The third-order valence-electron chi connectivity index (χ3n) is 5.55. The number of benzene rings is 2. The van der Waals surface area contributed by atoms with Crippen LogP contribution in [0.5, 0.6) is 0 Å². The highest BCUT2D eigenvalue weighted by Crippen LogP contribution is 2.30. The number of piperazine rings is 1. The van der Waals surface area contributed by atoms with Crippen molar-refractivity contribution in [2.45, 2.75) is 12.6 Å². The Hall–Kier alpha value is -2.61. The highest BCUT2D eigenvalue weighted by atomic mass is 32.1. The third-order valence-corrected chi connectivity index (χ3v) is 6.43. The van der Waals surface area contributed by atoms with E-state index in [1.807, 2.05) is 17.5 Å². The maximum atomic E-state index is 13.5. The fourth-order valence-electron chi connectivity index (χ4n) is 3.94. The van der Waals surface area contributed by atoms with Crippen molar-refractivity contribution in [3.8, 4) is 0 Å². The van der Waals surface area contributed by atoms with Crippen molar-refractivity contribution in [2.75, 3.05) is 32.7 Å². The van der Waals surface area contributed by atoms with Crippen LogP contribution in [0, 0.1) is 11.6 Å². The Morgan fingerprint density at radius 1 is 0.903 bits per heavy atom. The van der Waals surface area contributed by atoms with E-state index in [0.717, 1.165) is 42.2 Å². The summed E-state index contributed by atoms with van der Waals surface area (Å²) in [4.78, 5) is 17.9. The summed E-state index contributed by atoms with van der Waals surface area (Å²) in [5, 5.41) is 4.97. The lowest BCUT2D eigenvalue weighted by molar-refractivity contribution is -0.122. The van der Waals surface area contributed by atoms with Crippen molar-refractivity contribution < 1.29 is 13.6 Å². The van der Waals surface area contributed by atoms with Crippen LogP contribution < -0.4 is 5.32 Å². The number of hydrogen-bond donors (Lipinski definition) is 1. The highest BCUT2D eigenvalue weighted by molar-refractivity contribution is 7.09. The molecule has 31 heavy (non-hydrogen) atoms. The second-order valence-electron chi connectivity index (χ2n) is 7.67. The summed E-state index contributed by atoms with van der Waals surface area (Å²) in [5.41, 5.74) is 1.94. The summed E-state index contributed by atoms with van der Waals surface area (Å²) >= 11 is 1.63. The average Bonchev–Trinajstić information content (AvgIpc) is 3.30. The first-order valence-electron chi connectivity index (χ1n) is 10.3. The summed E-state index contributed by atoms with van der Waals surface area (Å²) in [5.74, 6) is -0.532. The monoisotopic (exact) mass is 441 g/mol. The molecule has 1 amide bonds. The van der Waals surface area contributed by atoms with Crippen molar-refractivity contribution in [1.82, 2.24) is 15.1 Å². The van der Waals surface area contributed by atoms with Gasteiger partial charge in [-0.25, -0.2) is 8.78 Å². The smallest absolute Gasteiger partial charge is 0.234 e. The Morgan fingerprint density at radius 3 is 2.00 bits per heavy atom. The molecule has 2 heterocycles. The van der Waals surface area contributed by atoms with Crippen molar-refractivity contribution in [3.05, 3.63) is 93.7 Å². The van der Waals surface area contributed by atoms with E-state index in [0.29, 0.717) is 13.1 Å². The zero-order valence-electron chi connectivity index (χ0n) is 17.1. The van der Waals surface area contributed by atoms with E-state index in [-0.39, 0.29) is 23.6 Å². The van der Waals surface area contributed by atoms with Crippen molar-refractivity contribution in [2.24, 2.45) is 0 Å². The van der Waals surface area contributed by atoms with Crippen molar-refractivity contribution in [3.63, 3.8) is 0 Å². The number of nitrogens with zero attached hydrogens (tertiary/aromatic N) is 2. The molecule has 1 N–H and O–H groups in total. The fourth-order valence-corrected chi connectivity index (χ4v) is 4.59. The quantitative estimate of drug-likeness (QED) is 0.601. The van der Waals surface area contributed by atoms with Gasteiger partial charge in [0.1, 0.15) is 11.6 Å². The Balaban J connectivity index is 1.38. The van der Waals surface area contributed by atoms with Gasteiger partial charge in [0.15, 0.2) is 0 Å². The Bertz CT molecular complexity index is 924. The van der Waals surface area contributed by atoms with E-state index in [1.54, 1.807) is 35.6 Å². The Morgan fingerprint density at radius 2 is 1.48 bits per heavy atom. The van der Waals surface area contributed by atoms with Crippen LogP contribution in [0.4, 0.5) is 8.78 Å². The molecule has 162 valence electrons. The third kappa shape index (κ3) is 5.76. The SMILES string of the molecule is O=C(CN1CCN(C(c2ccc(F)cc2)c2ccc(F)cc2)CC1)NCc1cccs1. The topological polar surface area (TPSA) is 35.6 Å². The van der Waals surface area contributed by atoms with Gasteiger partial charge in [-0.05, 0) is 46.8 Å². The van der Waals surface area contributed by atoms with E-state index in [1.165, 1.54) is 24.3 Å². The molecular formula is C24H25F2N3OS. The predicted octanol–water partition coefficient (Wildman–Crippen LogP) is 4.05. The van der Waals surface area contributed by atoms with Crippen LogP contribution in [0.1, 0.15) is 22.0 Å². The average molecular weight is 442 g/mol. The van der Waals surface area contributed by atoms with Gasteiger partial charge < -0.3 is 5.32 Å². The molecule has 0 saturated carbocycles. The first kappa shape index (κ1) is 21.6. The molecule has 7 heteroatoms. The lowest BCUT2D eigenvalue weighted by Gasteiger charge is -2.39. The standard InChI is InChI=1S/C24H25F2N3OS/c25-20-7-3-18(4-8-20)24(19-5-9-21(26)10-6-19)29-13-11-28(12-14-29)17-23(30)27-16-22-2-1-15-31-22/h1-10,15,24H,11-14,16-17H2,(H,27,30). The molecule has 0 radical (unpaired) electrons. The summed E-state index contributed by atoms with van der Waals surface area (Å²) in [6, 6.07) is 16.9. The van der Waals surface area contributed by atoms with Gasteiger partial charge in [0.2, 0.25) is 5.91 Å². The van der Waals surface area contributed by atoms with Gasteiger partial charge in [0.05, 0.1) is 19.1 Å². The molecule has 1 aliphatic rings. The van der Waals surface area contributed by atoms with Gasteiger partial charge in [-0.15, -0.1) is 11.3 Å². The molecule has 0 aliphatic carbocycles. The maximum absolute atomic E-state index is 13.5. The molecule has 4 nitrogen and oxygen atoms in total. The van der Waals surface area contributed by atoms with Crippen LogP contribution in [0.25, 0.3) is 0 Å². The van der Waals surface area contributed by atoms with Gasteiger partial charge in [0.25, 0.3) is 0 Å². The van der Waals surface area contributed by atoms with Gasteiger partial charge >= 0.3 is 0 Å². The van der Waals surface area contributed by atoms with Crippen molar-refractivity contribution >= 4 is 17.2 Å². The summed E-state index contributed by atoms with van der Waals surface area (Å²) in [6.45, 7) is 3.97. The number of hydrogen-bond acceptors (Lipinski definition) is 4. The van der Waals surface area contributed by atoms with Crippen LogP contribution in [0.3, 0.4) is 0 Å². The fraction of sp³-hybridized carbons (Fsp3) is 0.292. The summed E-state index contributed by atoms with van der Waals surface area (Å²) < 4.78 is 26.9.